The van der Waals surface area contributed by atoms with E-state index in [-0.39, 0.29) is 5.78 Å². The first kappa shape index (κ1) is 22.7. The molecule has 1 heterocycles. The fraction of sp³-hybridized carbons (Fsp3) is 0.192. The van der Waals surface area contributed by atoms with Crippen LogP contribution in [0, 0.1) is 13.8 Å². The SMILES string of the molecule is C=CCn1c(C)cc(C(=O)COC(=O)C(NC(=O)c2ccccc2)c2ccccc2)c1C. The van der Waals surface area contributed by atoms with Crippen LogP contribution in [0.3, 0.4) is 0 Å². The Morgan fingerprint density at radius 2 is 1.66 bits per heavy atom. The van der Waals surface area contributed by atoms with E-state index in [9.17, 15) is 14.4 Å². The molecule has 32 heavy (non-hydrogen) atoms. The van der Waals surface area contributed by atoms with Gasteiger partial charge < -0.3 is 14.6 Å². The molecule has 1 atom stereocenters. The van der Waals surface area contributed by atoms with Gasteiger partial charge >= 0.3 is 5.97 Å². The molecule has 1 amide bonds. The molecule has 0 aliphatic carbocycles. The molecule has 0 aliphatic heterocycles. The number of benzene rings is 2. The molecule has 3 aromatic rings. The van der Waals surface area contributed by atoms with Crippen LogP contribution in [0.15, 0.2) is 79.4 Å². The van der Waals surface area contributed by atoms with Crippen LogP contribution in [-0.4, -0.2) is 28.8 Å². The van der Waals surface area contributed by atoms with Gasteiger partial charge in [-0.05, 0) is 37.6 Å². The number of allylic oxidation sites excluding steroid dienone is 1. The zero-order valence-corrected chi connectivity index (χ0v) is 18.2. The Balaban J connectivity index is 1.74. The minimum Gasteiger partial charge on any atom is -0.455 e. The van der Waals surface area contributed by atoms with Crippen molar-refractivity contribution in [1.29, 1.82) is 0 Å². The van der Waals surface area contributed by atoms with Crippen LogP contribution in [0.2, 0.25) is 0 Å². The van der Waals surface area contributed by atoms with E-state index in [1.165, 1.54) is 0 Å². The Bertz CT molecular complexity index is 1120. The largest absolute Gasteiger partial charge is 0.455 e. The van der Waals surface area contributed by atoms with Gasteiger partial charge in [0.15, 0.2) is 12.6 Å². The van der Waals surface area contributed by atoms with Crippen molar-refractivity contribution in [3.05, 3.63) is 107 Å². The first-order valence-electron chi connectivity index (χ1n) is 10.3. The summed E-state index contributed by atoms with van der Waals surface area (Å²) < 4.78 is 7.31. The molecule has 6 nitrogen and oxygen atoms in total. The summed E-state index contributed by atoms with van der Waals surface area (Å²) in [6, 6.07) is 18.1. The highest BCUT2D eigenvalue weighted by atomic mass is 16.5. The molecule has 0 aliphatic rings. The second kappa shape index (κ2) is 10.4. The number of esters is 1. The first-order valence-corrected chi connectivity index (χ1v) is 10.3. The van der Waals surface area contributed by atoms with Crippen LogP contribution in [0.25, 0.3) is 0 Å². The molecule has 0 spiro atoms. The Kier molecular flexibility index (Phi) is 7.39. The number of amides is 1. The molecule has 2 aromatic carbocycles. The fourth-order valence-corrected chi connectivity index (χ4v) is 3.52. The summed E-state index contributed by atoms with van der Waals surface area (Å²) in [5.74, 6) is -1.41. The van der Waals surface area contributed by atoms with Gasteiger partial charge in [0.05, 0.1) is 0 Å². The van der Waals surface area contributed by atoms with Gasteiger partial charge in [0, 0.05) is 29.1 Å². The minimum atomic E-state index is -1.04. The number of carbonyl (C=O) groups excluding carboxylic acids is 3. The zero-order valence-electron chi connectivity index (χ0n) is 18.2. The molecule has 3 rings (SSSR count). The van der Waals surface area contributed by atoms with Gasteiger partial charge in [-0.15, -0.1) is 6.58 Å². The van der Waals surface area contributed by atoms with E-state index < -0.39 is 24.5 Å². The lowest BCUT2D eigenvalue weighted by Gasteiger charge is -2.18. The van der Waals surface area contributed by atoms with Gasteiger partial charge in [-0.1, -0.05) is 54.6 Å². The summed E-state index contributed by atoms with van der Waals surface area (Å²) in [6.45, 7) is 7.66. The monoisotopic (exact) mass is 430 g/mol. The highest BCUT2D eigenvalue weighted by Crippen LogP contribution is 2.18. The quantitative estimate of drug-likeness (QED) is 0.314. The summed E-state index contributed by atoms with van der Waals surface area (Å²) in [4.78, 5) is 38.3. The van der Waals surface area contributed by atoms with Gasteiger partial charge in [0.2, 0.25) is 5.78 Å². The van der Waals surface area contributed by atoms with Crippen molar-refractivity contribution >= 4 is 17.7 Å². The van der Waals surface area contributed by atoms with Crippen LogP contribution in [0.5, 0.6) is 0 Å². The summed E-state index contributed by atoms with van der Waals surface area (Å²) in [5, 5.41) is 2.71. The fourth-order valence-electron chi connectivity index (χ4n) is 3.52. The van der Waals surface area contributed by atoms with Crippen molar-refractivity contribution in [3.8, 4) is 0 Å². The predicted octanol–water partition coefficient (Wildman–Crippen LogP) is 4.19. The van der Waals surface area contributed by atoms with Crippen LogP contribution < -0.4 is 5.32 Å². The maximum absolute atomic E-state index is 12.9. The molecular weight excluding hydrogens is 404 g/mol. The average molecular weight is 431 g/mol. The van der Waals surface area contributed by atoms with Gasteiger partial charge in [0.25, 0.3) is 5.91 Å². The summed E-state index contributed by atoms with van der Waals surface area (Å²) >= 11 is 0. The first-order chi connectivity index (χ1) is 15.4. The number of carbonyl (C=O) groups is 3. The van der Waals surface area contributed by atoms with Crippen molar-refractivity contribution in [2.45, 2.75) is 26.4 Å². The Morgan fingerprint density at radius 3 is 2.28 bits per heavy atom. The summed E-state index contributed by atoms with van der Waals surface area (Å²) in [7, 11) is 0. The van der Waals surface area contributed by atoms with E-state index in [4.69, 9.17) is 4.74 Å². The van der Waals surface area contributed by atoms with E-state index in [2.05, 4.69) is 11.9 Å². The molecule has 164 valence electrons. The number of ketones is 1. The van der Waals surface area contributed by atoms with E-state index >= 15 is 0 Å². The number of nitrogens with one attached hydrogen (secondary N) is 1. The molecule has 6 heteroatoms. The van der Waals surface area contributed by atoms with Crippen LogP contribution in [0.4, 0.5) is 0 Å². The molecule has 0 saturated carbocycles. The van der Waals surface area contributed by atoms with Crippen molar-refractivity contribution in [3.63, 3.8) is 0 Å². The number of aromatic nitrogens is 1. The third-order valence-electron chi connectivity index (χ3n) is 5.21. The smallest absolute Gasteiger partial charge is 0.333 e. The number of aryl methyl sites for hydroxylation is 1. The molecule has 0 saturated heterocycles. The van der Waals surface area contributed by atoms with E-state index in [1.807, 2.05) is 24.5 Å². The highest BCUT2D eigenvalue weighted by molar-refractivity contribution is 6.00. The summed E-state index contributed by atoms with van der Waals surface area (Å²) in [5.41, 5.74) is 3.21. The number of hydrogen-bond donors (Lipinski definition) is 1. The average Bonchev–Trinajstić information content (AvgIpc) is 3.10. The van der Waals surface area contributed by atoms with Crippen molar-refractivity contribution in [1.82, 2.24) is 9.88 Å². The lowest BCUT2D eigenvalue weighted by atomic mass is 10.1. The molecule has 0 radical (unpaired) electrons. The maximum atomic E-state index is 12.9. The van der Waals surface area contributed by atoms with Crippen LogP contribution in [0.1, 0.15) is 43.7 Å². The standard InChI is InChI=1S/C26H26N2O4/c1-4-15-28-18(2)16-22(19(28)3)23(29)17-32-26(31)24(20-11-7-5-8-12-20)27-25(30)21-13-9-6-10-14-21/h4-14,16,24H,1,15,17H2,2-3H3,(H,27,30). The van der Waals surface area contributed by atoms with Crippen molar-refractivity contribution in [2.75, 3.05) is 6.61 Å². The Hall–Kier alpha value is -3.93. The second-order valence-corrected chi connectivity index (χ2v) is 7.40. The Labute approximate surface area is 187 Å². The van der Waals surface area contributed by atoms with Crippen molar-refractivity contribution in [2.24, 2.45) is 0 Å². The minimum absolute atomic E-state index is 0.303. The van der Waals surface area contributed by atoms with Gasteiger partial charge in [-0.25, -0.2) is 4.79 Å². The zero-order chi connectivity index (χ0) is 23.1. The number of Topliss-reactive ketones (excluding diaryl/α,β-unsaturated/α-hetero) is 1. The number of ether oxygens (including phenoxy) is 1. The maximum Gasteiger partial charge on any atom is 0.333 e. The number of rotatable bonds is 9. The summed E-state index contributed by atoms with van der Waals surface area (Å²) in [6.07, 6.45) is 1.76. The molecule has 0 bridgehead atoms. The number of nitrogens with zero attached hydrogens (tertiary/aromatic N) is 1. The van der Waals surface area contributed by atoms with E-state index in [1.54, 1.807) is 66.7 Å². The third-order valence-corrected chi connectivity index (χ3v) is 5.21. The molecule has 1 N–H and O–H groups in total. The van der Waals surface area contributed by atoms with Crippen LogP contribution in [-0.2, 0) is 16.1 Å². The highest BCUT2D eigenvalue weighted by Gasteiger charge is 2.26. The van der Waals surface area contributed by atoms with Crippen LogP contribution >= 0.6 is 0 Å². The predicted molar refractivity (Wildman–Crippen MR) is 122 cm³/mol. The van der Waals surface area contributed by atoms with E-state index in [0.29, 0.717) is 23.2 Å². The van der Waals surface area contributed by atoms with Gasteiger partial charge in [-0.3, -0.25) is 9.59 Å². The molecule has 1 unspecified atom stereocenters. The normalized spacial score (nSPS) is 11.4. The van der Waals surface area contributed by atoms with Crippen molar-refractivity contribution < 1.29 is 19.1 Å². The topological polar surface area (TPSA) is 77.4 Å². The lowest BCUT2D eigenvalue weighted by Crippen LogP contribution is -2.35. The molecule has 0 fully saturated rings. The third kappa shape index (κ3) is 5.21. The molecule has 1 aromatic heterocycles. The van der Waals surface area contributed by atoms with Gasteiger partial charge in [0.1, 0.15) is 0 Å². The molecular formula is C26H26N2O4. The Morgan fingerprint density at radius 1 is 1.03 bits per heavy atom. The van der Waals surface area contributed by atoms with E-state index in [0.717, 1.165) is 11.4 Å². The van der Waals surface area contributed by atoms with Gasteiger partial charge in [-0.2, -0.15) is 0 Å². The second-order valence-electron chi connectivity index (χ2n) is 7.40. The lowest BCUT2D eigenvalue weighted by molar-refractivity contribution is -0.145. The number of hydrogen-bond acceptors (Lipinski definition) is 4.